The standard InChI is InChI=1S/C30H38N2O6/c1-21(2)12-17-38-24-11-10-23(20-25(24)36-3)27-26(28(33)22-8-5-4-6-9-22)29(34)30(35)32(27)14-7-13-31-15-18-37-19-16-31/h4-6,8-11,20-21,27,33H,7,12-19H2,1-3H3/b28-26+. The van der Waals surface area contributed by atoms with Gasteiger partial charge in [0.05, 0.1) is 38.5 Å². The van der Waals surface area contributed by atoms with E-state index in [1.54, 1.807) is 42.3 Å². The SMILES string of the molecule is COc1cc(C2/C(=C(\O)c3ccccc3)C(=O)C(=O)N2CCCN2CCOCC2)ccc1OCCC(C)C. The normalized spacial score (nSPS) is 19.8. The summed E-state index contributed by atoms with van der Waals surface area (Å²) in [6, 6.07) is 13.6. The van der Waals surface area contributed by atoms with Gasteiger partial charge in [-0.05, 0) is 36.5 Å². The van der Waals surface area contributed by atoms with Crippen molar-refractivity contribution in [2.24, 2.45) is 5.92 Å². The molecule has 1 atom stereocenters. The molecule has 2 saturated heterocycles. The summed E-state index contributed by atoms with van der Waals surface area (Å²) in [7, 11) is 1.57. The average molecular weight is 523 g/mol. The highest BCUT2D eigenvalue weighted by atomic mass is 16.5. The summed E-state index contributed by atoms with van der Waals surface area (Å²) in [5.41, 5.74) is 1.26. The van der Waals surface area contributed by atoms with Crippen LogP contribution in [0.4, 0.5) is 0 Å². The second kappa shape index (κ2) is 12.9. The molecule has 1 amide bonds. The van der Waals surface area contributed by atoms with Gasteiger partial charge >= 0.3 is 0 Å². The molecule has 2 aromatic carbocycles. The van der Waals surface area contributed by atoms with Crippen LogP contribution < -0.4 is 9.47 Å². The molecule has 0 spiro atoms. The third-order valence-corrected chi connectivity index (χ3v) is 7.02. The first-order valence-electron chi connectivity index (χ1n) is 13.4. The molecule has 0 aromatic heterocycles. The molecule has 2 heterocycles. The number of hydrogen-bond donors (Lipinski definition) is 1. The van der Waals surface area contributed by atoms with Crippen LogP contribution in [0.1, 0.15) is 43.9 Å². The molecule has 0 aliphatic carbocycles. The quantitative estimate of drug-likeness (QED) is 0.268. The van der Waals surface area contributed by atoms with E-state index in [-0.39, 0.29) is 11.3 Å². The summed E-state index contributed by atoms with van der Waals surface area (Å²) < 4.78 is 17.0. The van der Waals surface area contributed by atoms with Crippen molar-refractivity contribution < 1.29 is 28.9 Å². The fourth-order valence-electron chi connectivity index (χ4n) is 4.88. The van der Waals surface area contributed by atoms with Gasteiger partial charge in [-0.3, -0.25) is 14.5 Å². The lowest BCUT2D eigenvalue weighted by molar-refractivity contribution is -0.140. The maximum Gasteiger partial charge on any atom is 0.295 e. The van der Waals surface area contributed by atoms with Gasteiger partial charge in [-0.15, -0.1) is 0 Å². The van der Waals surface area contributed by atoms with E-state index in [4.69, 9.17) is 14.2 Å². The first-order chi connectivity index (χ1) is 18.4. The number of carbonyl (C=O) groups is 2. The number of amides is 1. The zero-order valence-electron chi connectivity index (χ0n) is 22.5. The van der Waals surface area contributed by atoms with Crippen LogP contribution in [0.15, 0.2) is 54.1 Å². The van der Waals surface area contributed by atoms with E-state index in [2.05, 4.69) is 18.7 Å². The third kappa shape index (κ3) is 6.37. The van der Waals surface area contributed by atoms with Crippen LogP contribution in [0, 0.1) is 5.92 Å². The van der Waals surface area contributed by atoms with Crippen LogP contribution in [-0.4, -0.2) is 79.7 Å². The number of likely N-dealkylation sites (tertiary alicyclic amines) is 1. The lowest BCUT2D eigenvalue weighted by Crippen LogP contribution is -2.39. The summed E-state index contributed by atoms with van der Waals surface area (Å²) in [4.78, 5) is 30.5. The number of hydrogen-bond acceptors (Lipinski definition) is 7. The Kier molecular flexibility index (Phi) is 9.42. The Labute approximate surface area is 224 Å². The van der Waals surface area contributed by atoms with Gasteiger partial charge in [0.25, 0.3) is 11.7 Å². The van der Waals surface area contributed by atoms with Crippen molar-refractivity contribution in [3.63, 3.8) is 0 Å². The van der Waals surface area contributed by atoms with Gasteiger partial charge in [0.15, 0.2) is 11.5 Å². The zero-order valence-corrected chi connectivity index (χ0v) is 22.5. The Hall–Kier alpha value is -3.36. The molecule has 1 unspecified atom stereocenters. The maximum absolute atomic E-state index is 13.3. The van der Waals surface area contributed by atoms with E-state index in [1.807, 2.05) is 18.2 Å². The van der Waals surface area contributed by atoms with E-state index in [0.29, 0.717) is 61.3 Å². The van der Waals surface area contributed by atoms with Crippen molar-refractivity contribution in [1.29, 1.82) is 0 Å². The number of ketones is 1. The number of rotatable bonds is 11. The monoisotopic (exact) mass is 522 g/mol. The van der Waals surface area contributed by atoms with Crippen LogP contribution in [0.3, 0.4) is 0 Å². The second-order valence-electron chi connectivity index (χ2n) is 10.1. The molecule has 8 heteroatoms. The molecule has 2 fully saturated rings. The van der Waals surface area contributed by atoms with Crippen LogP contribution >= 0.6 is 0 Å². The molecule has 38 heavy (non-hydrogen) atoms. The Bertz CT molecular complexity index is 1140. The molecular formula is C30H38N2O6. The summed E-state index contributed by atoms with van der Waals surface area (Å²) in [5.74, 6) is 0.162. The van der Waals surface area contributed by atoms with Gasteiger partial charge in [-0.1, -0.05) is 50.2 Å². The minimum Gasteiger partial charge on any atom is -0.507 e. The molecule has 2 aliphatic heterocycles. The summed E-state index contributed by atoms with van der Waals surface area (Å²) in [6.07, 6.45) is 1.60. The zero-order chi connectivity index (χ0) is 27.1. The first-order valence-corrected chi connectivity index (χ1v) is 13.4. The van der Waals surface area contributed by atoms with Gasteiger partial charge < -0.3 is 24.2 Å². The summed E-state index contributed by atoms with van der Waals surface area (Å²) in [6.45, 7) is 9.12. The van der Waals surface area contributed by atoms with Gasteiger partial charge in [-0.2, -0.15) is 0 Å². The number of aliphatic hydroxyl groups excluding tert-OH is 1. The van der Waals surface area contributed by atoms with E-state index < -0.39 is 17.7 Å². The average Bonchev–Trinajstić information content (AvgIpc) is 3.18. The first kappa shape index (κ1) is 27.7. The maximum atomic E-state index is 13.3. The van der Waals surface area contributed by atoms with Crippen LogP contribution in [0.25, 0.3) is 5.76 Å². The lowest BCUT2D eigenvalue weighted by atomic mass is 9.95. The second-order valence-corrected chi connectivity index (χ2v) is 10.1. The van der Waals surface area contributed by atoms with Gasteiger partial charge in [0.2, 0.25) is 0 Å². The minimum absolute atomic E-state index is 0.0862. The number of carbonyl (C=O) groups excluding carboxylic acids is 2. The van der Waals surface area contributed by atoms with Crippen molar-refractivity contribution in [3.05, 3.63) is 65.2 Å². The number of methoxy groups -OCH3 is 1. The number of ether oxygens (including phenoxy) is 3. The Morgan fingerprint density at radius 2 is 1.79 bits per heavy atom. The Morgan fingerprint density at radius 1 is 1.05 bits per heavy atom. The van der Waals surface area contributed by atoms with Gasteiger partial charge in [0.1, 0.15) is 5.76 Å². The largest absolute Gasteiger partial charge is 0.507 e. The Balaban J connectivity index is 1.66. The summed E-state index contributed by atoms with van der Waals surface area (Å²) in [5, 5.41) is 11.2. The molecule has 2 aliphatic rings. The molecule has 0 saturated carbocycles. The molecule has 2 aromatic rings. The van der Waals surface area contributed by atoms with Crippen molar-refractivity contribution in [1.82, 2.24) is 9.80 Å². The predicted octanol–water partition coefficient (Wildman–Crippen LogP) is 4.26. The van der Waals surface area contributed by atoms with E-state index in [9.17, 15) is 14.7 Å². The van der Waals surface area contributed by atoms with E-state index in [0.717, 1.165) is 26.1 Å². The number of aliphatic hydroxyl groups is 1. The fourth-order valence-corrected chi connectivity index (χ4v) is 4.88. The fraction of sp³-hybridized carbons (Fsp3) is 0.467. The molecule has 1 N–H and O–H groups in total. The molecule has 8 nitrogen and oxygen atoms in total. The molecule has 0 radical (unpaired) electrons. The number of Topliss-reactive ketones (excluding diaryl/α,β-unsaturated/α-hetero) is 1. The van der Waals surface area contributed by atoms with Crippen LogP contribution in [0.5, 0.6) is 11.5 Å². The molecule has 204 valence electrons. The molecule has 4 rings (SSSR count). The molecular weight excluding hydrogens is 484 g/mol. The number of benzene rings is 2. The van der Waals surface area contributed by atoms with E-state index in [1.165, 1.54) is 0 Å². The van der Waals surface area contributed by atoms with Crippen LogP contribution in [0.2, 0.25) is 0 Å². The Morgan fingerprint density at radius 3 is 2.47 bits per heavy atom. The topological polar surface area (TPSA) is 88.5 Å². The lowest BCUT2D eigenvalue weighted by Gasteiger charge is -2.29. The minimum atomic E-state index is -0.737. The third-order valence-electron chi connectivity index (χ3n) is 7.02. The van der Waals surface area contributed by atoms with Crippen LogP contribution in [-0.2, 0) is 14.3 Å². The van der Waals surface area contributed by atoms with Gasteiger partial charge in [-0.25, -0.2) is 0 Å². The predicted molar refractivity (Wildman–Crippen MR) is 145 cm³/mol. The van der Waals surface area contributed by atoms with Crippen molar-refractivity contribution in [3.8, 4) is 11.5 Å². The van der Waals surface area contributed by atoms with Crippen molar-refractivity contribution in [2.45, 2.75) is 32.7 Å². The van der Waals surface area contributed by atoms with Crippen molar-refractivity contribution >= 4 is 17.4 Å². The number of morpholine rings is 1. The highest BCUT2D eigenvalue weighted by molar-refractivity contribution is 6.46. The number of nitrogens with zero attached hydrogens (tertiary/aromatic N) is 2. The van der Waals surface area contributed by atoms with E-state index >= 15 is 0 Å². The smallest absolute Gasteiger partial charge is 0.295 e. The summed E-state index contributed by atoms with van der Waals surface area (Å²) >= 11 is 0. The van der Waals surface area contributed by atoms with Gasteiger partial charge in [0, 0.05) is 31.7 Å². The molecule has 0 bridgehead atoms. The van der Waals surface area contributed by atoms with Crippen molar-refractivity contribution in [2.75, 3.05) is 53.1 Å². The highest BCUT2D eigenvalue weighted by Crippen LogP contribution is 2.42. The highest BCUT2D eigenvalue weighted by Gasteiger charge is 2.46.